The quantitative estimate of drug-likeness (QED) is 0.164. The van der Waals surface area contributed by atoms with Crippen LogP contribution in [0.2, 0.25) is 0 Å². The summed E-state index contributed by atoms with van der Waals surface area (Å²) >= 11 is 0. The van der Waals surface area contributed by atoms with Crippen molar-refractivity contribution in [2.45, 2.75) is 168 Å². The van der Waals surface area contributed by atoms with E-state index < -0.39 is 0 Å². The molecule has 3 aliphatic heterocycles. The zero-order valence-electron chi connectivity index (χ0n) is 42.7. The van der Waals surface area contributed by atoms with E-state index in [1.807, 2.05) is 0 Å². The number of hydrogen-bond donors (Lipinski definition) is 0. The van der Waals surface area contributed by atoms with Crippen LogP contribution in [0.4, 0.5) is 45.5 Å². The first kappa shape index (κ1) is 44.6. The third kappa shape index (κ3) is 6.97. The van der Waals surface area contributed by atoms with Crippen LogP contribution in [-0.4, -0.2) is 12.3 Å². The van der Waals surface area contributed by atoms with Gasteiger partial charge < -0.3 is 14.7 Å². The molecule has 6 aromatic carbocycles. The van der Waals surface area contributed by atoms with Crippen molar-refractivity contribution in [3.05, 3.63) is 149 Å². The Morgan fingerprint density at radius 2 is 0.833 bits per heavy atom. The summed E-state index contributed by atoms with van der Waals surface area (Å²) in [5.74, 6) is 0. The molecule has 4 aliphatic rings. The summed E-state index contributed by atoms with van der Waals surface area (Å²) in [5.41, 5.74) is 21.2. The Kier molecular flexibility index (Phi) is 10.2. The van der Waals surface area contributed by atoms with Crippen molar-refractivity contribution in [3.8, 4) is 0 Å². The molecule has 340 valence electrons. The molecule has 4 heteroatoms. The second-order valence-corrected chi connectivity index (χ2v) is 25.0. The summed E-state index contributed by atoms with van der Waals surface area (Å²) in [4.78, 5) is 8.08. The van der Waals surface area contributed by atoms with Crippen molar-refractivity contribution in [2.75, 3.05) is 14.7 Å². The van der Waals surface area contributed by atoms with Crippen LogP contribution in [0.15, 0.2) is 121 Å². The first-order valence-electron chi connectivity index (χ1n) is 25.2. The van der Waals surface area contributed by atoms with Crippen LogP contribution in [0.1, 0.15) is 163 Å². The third-order valence-corrected chi connectivity index (χ3v) is 16.5. The van der Waals surface area contributed by atoms with E-state index in [1.54, 1.807) is 0 Å². The lowest BCUT2D eigenvalue weighted by molar-refractivity contribution is 0.218. The fourth-order valence-corrected chi connectivity index (χ4v) is 12.3. The van der Waals surface area contributed by atoms with Crippen molar-refractivity contribution < 1.29 is 0 Å². The molecule has 66 heavy (non-hydrogen) atoms. The van der Waals surface area contributed by atoms with Gasteiger partial charge in [-0.1, -0.05) is 182 Å². The highest BCUT2D eigenvalue weighted by Crippen LogP contribution is 2.60. The molecule has 3 nitrogen and oxygen atoms in total. The Labute approximate surface area is 398 Å². The Bertz CT molecular complexity index is 2690. The molecule has 0 amide bonds. The predicted molar refractivity (Wildman–Crippen MR) is 287 cm³/mol. The van der Waals surface area contributed by atoms with Gasteiger partial charge in [0.15, 0.2) is 0 Å². The number of hydrogen-bond acceptors (Lipinski definition) is 3. The molecule has 0 N–H and O–H groups in total. The van der Waals surface area contributed by atoms with Crippen LogP contribution < -0.4 is 31.1 Å². The summed E-state index contributed by atoms with van der Waals surface area (Å²) < 4.78 is 0. The first-order chi connectivity index (χ1) is 31.0. The predicted octanol–water partition coefficient (Wildman–Crippen LogP) is 15.5. The maximum atomic E-state index is 2.82. The minimum absolute atomic E-state index is 0.0105. The molecule has 2 unspecified atom stereocenters. The van der Waals surface area contributed by atoms with E-state index in [9.17, 15) is 0 Å². The largest absolute Gasteiger partial charge is 0.334 e. The highest BCUT2D eigenvalue weighted by molar-refractivity contribution is 7.00. The average Bonchev–Trinajstić information content (AvgIpc) is 3.43. The molecule has 2 atom stereocenters. The lowest BCUT2D eigenvalue weighted by Crippen LogP contribution is -2.62. The molecular formula is C62H74BN3. The molecule has 0 radical (unpaired) electrons. The van der Waals surface area contributed by atoms with E-state index in [0.29, 0.717) is 0 Å². The summed E-state index contributed by atoms with van der Waals surface area (Å²) in [6.07, 6.45) is 7.47. The van der Waals surface area contributed by atoms with Crippen LogP contribution >= 0.6 is 0 Å². The second kappa shape index (κ2) is 15.1. The zero-order chi connectivity index (χ0) is 46.9. The van der Waals surface area contributed by atoms with Gasteiger partial charge in [-0.15, -0.1) is 0 Å². The number of rotatable bonds is 3. The van der Waals surface area contributed by atoms with Gasteiger partial charge >= 0.3 is 0 Å². The van der Waals surface area contributed by atoms with Crippen molar-refractivity contribution in [1.29, 1.82) is 0 Å². The second-order valence-electron chi connectivity index (χ2n) is 25.0. The van der Waals surface area contributed by atoms with Gasteiger partial charge in [-0.3, -0.25) is 0 Å². The van der Waals surface area contributed by atoms with Gasteiger partial charge in [-0.2, -0.15) is 0 Å². The first-order valence-corrected chi connectivity index (χ1v) is 25.2. The van der Waals surface area contributed by atoms with E-state index in [1.165, 1.54) is 122 Å². The van der Waals surface area contributed by atoms with Crippen LogP contribution in [0.3, 0.4) is 0 Å². The average molecular weight is 872 g/mol. The normalized spacial score (nSPS) is 20.5. The number of fused-ring (bicyclic) bond motifs is 7. The molecule has 10 rings (SSSR count). The number of para-hydroxylation sites is 1. The fraction of sp³-hybridized carbons (Fsp3) is 0.419. The fourth-order valence-electron chi connectivity index (χ4n) is 12.3. The number of anilines is 8. The van der Waals surface area contributed by atoms with E-state index >= 15 is 0 Å². The zero-order valence-corrected chi connectivity index (χ0v) is 42.7. The Hall–Kier alpha value is -5.22. The van der Waals surface area contributed by atoms with Gasteiger partial charge in [0.25, 0.3) is 6.71 Å². The third-order valence-electron chi connectivity index (χ3n) is 16.5. The summed E-state index contributed by atoms with van der Waals surface area (Å²) in [6.45, 7) is 33.3. The molecule has 6 aromatic rings. The standard InChI is InChI=1S/C62H74BN3/c1-57(2,3)41-23-29-45(30-24-41)64-52-33-27-43(59(7,8)9)37-49(52)63-50-38-44(60(10,11)12)28-34-53(50)65(46-31-25-42(26-32-46)58(4,5)6)55-40-47(39-54(64)56(55)63)66-51-22-18-17-21-48(51)61(13)35-19-15-16-20-36-62(61,66)14/h17-18,21-34,37-40H,15-16,19-20,35-36H2,1-14H3. The molecular weight excluding hydrogens is 798 g/mol. The van der Waals surface area contributed by atoms with Crippen LogP contribution in [-0.2, 0) is 27.1 Å². The van der Waals surface area contributed by atoms with Crippen LogP contribution in [0, 0.1) is 0 Å². The molecule has 1 saturated carbocycles. The smallest absolute Gasteiger partial charge is 0.252 e. The topological polar surface area (TPSA) is 9.72 Å². The highest BCUT2D eigenvalue weighted by Gasteiger charge is 2.57. The molecule has 1 fully saturated rings. The maximum Gasteiger partial charge on any atom is 0.252 e. The molecule has 0 saturated heterocycles. The minimum atomic E-state index is -0.113. The highest BCUT2D eigenvalue weighted by atomic mass is 15.3. The monoisotopic (exact) mass is 872 g/mol. The number of nitrogens with zero attached hydrogens (tertiary/aromatic N) is 3. The lowest BCUT2D eigenvalue weighted by atomic mass is 9.33. The van der Waals surface area contributed by atoms with Crippen LogP contribution in [0.25, 0.3) is 0 Å². The van der Waals surface area contributed by atoms with Gasteiger partial charge in [0.1, 0.15) is 0 Å². The Morgan fingerprint density at radius 1 is 0.409 bits per heavy atom. The van der Waals surface area contributed by atoms with E-state index in [-0.39, 0.29) is 39.3 Å². The van der Waals surface area contributed by atoms with Crippen molar-refractivity contribution in [2.24, 2.45) is 0 Å². The van der Waals surface area contributed by atoms with E-state index in [2.05, 4.69) is 233 Å². The molecule has 0 spiro atoms. The molecule has 0 bridgehead atoms. The van der Waals surface area contributed by atoms with Gasteiger partial charge in [0.05, 0.1) is 5.54 Å². The summed E-state index contributed by atoms with van der Waals surface area (Å²) in [7, 11) is 0. The van der Waals surface area contributed by atoms with E-state index in [4.69, 9.17) is 0 Å². The SMILES string of the molecule is CC(C)(C)c1ccc(N2c3ccc(C(C)(C)C)cc3B3c4cc(C(C)(C)C)ccc4N(c4ccc(C(C)(C)C)cc4)c4cc(N5c6ccccc6C6(C)CCCCCCC56C)cc2c43)cc1. The Morgan fingerprint density at radius 3 is 1.29 bits per heavy atom. The van der Waals surface area contributed by atoms with Crippen molar-refractivity contribution in [1.82, 2.24) is 0 Å². The van der Waals surface area contributed by atoms with Crippen LogP contribution in [0.5, 0.6) is 0 Å². The Balaban J connectivity index is 1.34. The van der Waals surface area contributed by atoms with E-state index in [0.717, 1.165) is 6.42 Å². The maximum absolute atomic E-state index is 2.82. The molecule has 1 aliphatic carbocycles. The summed E-state index contributed by atoms with van der Waals surface area (Å²) in [6, 6.07) is 48.5. The summed E-state index contributed by atoms with van der Waals surface area (Å²) in [5, 5.41) is 0. The van der Waals surface area contributed by atoms with Gasteiger partial charge in [0.2, 0.25) is 0 Å². The van der Waals surface area contributed by atoms with Crippen molar-refractivity contribution in [3.63, 3.8) is 0 Å². The lowest BCUT2D eigenvalue weighted by Gasteiger charge is -2.50. The van der Waals surface area contributed by atoms with Gasteiger partial charge in [-0.25, -0.2) is 0 Å². The molecule has 3 heterocycles. The number of benzene rings is 6. The van der Waals surface area contributed by atoms with Gasteiger partial charge in [-0.05, 0) is 140 Å². The van der Waals surface area contributed by atoms with Gasteiger partial charge in [0, 0.05) is 50.9 Å². The van der Waals surface area contributed by atoms with Crippen molar-refractivity contribution >= 4 is 68.6 Å². The minimum Gasteiger partial charge on any atom is -0.334 e. The molecule has 0 aromatic heterocycles.